The fraction of sp³-hybridized carbons (Fsp3) is 0.548. The molecule has 0 saturated carbocycles. The minimum Gasteiger partial charge on any atom is -0.361 e. The number of fused-ring (bicyclic) bond motifs is 2. The summed E-state index contributed by atoms with van der Waals surface area (Å²) in [5.74, 6) is -3.85. The molecule has 2 saturated heterocycles. The zero-order chi connectivity index (χ0) is 32.1. The van der Waals surface area contributed by atoms with Crippen molar-refractivity contribution in [3.8, 4) is 0 Å². The van der Waals surface area contributed by atoms with Crippen LogP contribution in [0, 0.1) is 11.8 Å². The van der Waals surface area contributed by atoms with Crippen molar-refractivity contribution in [2.24, 2.45) is 11.8 Å². The maximum atomic E-state index is 13.9. The van der Waals surface area contributed by atoms with Gasteiger partial charge in [-0.2, -0.15) is 0 Å². The van der Waals surface area contributed by atoms with Crippen LogP contribution in [0.4, 0.5) is 0 Å². The molecule has 0 spiro atoms. The van der Waals surface area contributed by atoms with Crippen LogP contribution in [0.25, 0.3) is 10.9 Å². The Morgan fingerprint density at radius 1 is 0.818 bits per heavy atom. The van der Waals surface area contributed by atoms with E-state index in [1.54, 1.807) is 33.9 Å². The van der Waals surface area contributed by atoms with Gasteiger partial charge >= 0.3 is 0 Å². The van der Waals surface area contributed by atoms with Crippen molar-refractivity contribution in [2.75, 3.05) is 13.1 Å². The lowest BCUT2D eigenvalue weighted by Gasteiger charge is -2.32. The highest BCUT2D eigenvalue weighted by atomic mass is 16.2. The number of benzene rings is 1. The highest BCUT2D eigenvalue weighted by Crippen LogP contribution is 2.22. The maximum absolute atomic E-state index is 13.9. The lowest BCUT2D eigenvalue weighted by atomic mass is 9.99. The van der Waals surface area contributed by atoms with Crippen molar-refractivity contribution < 1.29 is 28.8 Å². The van der Waals surface area contributed by atoms with Crippen LogP contribution in [0.3, 0.4) is 0 Å². The molecule has 5 atom stereocenters. The predicted octanol–water partition coefficient (Wildman–Crippen LogP) is 0.102. The molecular weight excluding hydrogens is 566 g/mol. The van der Waals surface area contributed by atoms with Gasteiger partial charge in [0.1, 0.15) is 30.2 Å². The first-order valence-electron chi connectivity index (χ1n) is 15.2. The molecule has 6 N–H and O–H groups in total. The van der Waals surface area contributed by atoms with Crippen LogP contribution in [0.5, 0.6) is 0 Å². The van der Waals surface area contributed by atoms with Gasteiger partial charge in [0.15, 0.2) is 0 Å². The number of hydrogen-bond acceptors (Lipinski definition) is 6. The number of amides is 6. The number of aromatic nitrogens is 1. The fourth-order valence-electron chi connectivity index (χ4n) is 5.70. The van der Waals surface area contributed by atoms with Gasteiger partial charge in [0, 0.05) is 30.1 Å². The molecule has 2 aliphatic heterocycles. The van der Waals surface area contributed by atoms with E-state index >= 15 is 0 Å². The van der Waals surface area contributed by atoms with E-state index in [4.69, 9.17) is 0 Å². The van der Waals surface area contributed by atoms with Gasteiger partial charge in [0.05, 0.1) is 6.54 Å². The van der Waals surface area contributed by atoms with Gasteiger partial charge in [-0.1, -0.05) is 45.9 Å². The lowest BCUT2D eigenvalue weighted by molar-refractivity contribution is -0.143. The van der Waals surface area contributed by atoms with Crippen molar-refractivity contribution in [1.82, 2.24) is 36.5 Å². The summed E-state index contributed by atoms with van der Waals surface area (Å²) in [5, 5.41) is 14.3. The summed E-state index contributed by atoms with van der Waals surface area (Å²) in [5.41, 5.74) is 1.65. The standard InChI is InChI=1S/C31H43N7O6/c1-16(2)25-30(43)33-15-24(39)34-18(5)27(40)35-22(13-19-14-32-21-10-7-6-9-20(19)21)28(41)37-26(17(3)4)31(44)38-12-8-11-23(38)29(42)36-25/h6-7,9-10,14,16-18,22-23,25-26,32H,8,11-13,15H2,1-5H3,(H,33,43)(H,34,39)(H,35,40)(H,36,42)(H,37,41)/t18-,22+,23+,25+,26+/m0/s1. The Bertz CT molecular complexity index is 1420. The first-order valence-corrected chi connectivity index (χ1v) is 15.2. The first kappa shape index (κ1) is 32.5. The number of para-hydroxylation sites is 1. The number of carbonyl (C=O) groups excluding carboxylic acids is 6. The Morgan fingerprint density at radius 2 is 1.50 bits per heavy atom. The molecule has 0 aliphatic carbocycles. The summed E-state index contributed by atoms with van der Waals surface area (Å²) in [7, 11) is 0. The molecule has 6 amide bonds. The summed E-state index contributed by atoms with van der Waals surface area (Å²) < 4.78 is 0. The molecular formula is C31H43N7O6. The van der Waals surface area contributed by atoms with E-state index in [0.29, 0.717) is 19.4 Å². The highest BCUT2D eigenvalue weighted by molar-refractivity contribution is 5.98. The largest absolute Gasteiger partial charge is 0.361 e. The van der Waals surface area contributed by atoms with E-state index in [1.807, 2.05) is 24.3 Å². The predicted molar refractivity (Wildman–Crippen MR) is 163 cm³/mol. The van der Waals surface area contributed by atoms with E-state index in [0.717, 1.165) is 16.5 Å². The summed E-state index contributed by atoms with van der Waals surface area (Å²) in [6.45, 7) is 8.49. The second-order valence-corrected chi connectivity index (χ2v) is 12.3. The molecule has 2 aliphatic rings. The topological polar surface area (TPSA) is 182 Å². The van der Waals surface area contributed by atoms with E-state index in [-0.39, 0.29) is 18.3 Å². The van der Waals surface area contributed by atoms with Crippen molar-refractivity contribution >= 4 is 46.3 Å². The molecule has 13 nitrogen and oxygen atoms in total. The number of aromatic amines is 1. The Hall–Kier alpha value is -4.42. The Morgan fingerprint density at radius 3 is 2.20 bits per heavy atom. The zero-order valence-electron chi connectivity index (χ0n) is 25.9. The Kier molecular flexibility index (Phi) is 10.3. The van der Waals surface area contributed by atoms with Crippen LogP contribution in [0.15, 0.2) is 30.5 Å². The van der Waals surface area contributed by atoms with Crippen molar-refractivity contribution in [2.45, 2.75) is 84.1 Å². The Balaban J connectivity index is 1.67. The molecule has 44 heavy (non-hydrogen) atoms. The van der Waals surface area contributed by atoms with Gasteiger partial charge in [0.25, 0.3) is 0 Å². The average Bonchev–Trinajstić information content (AvgIpc) is 3.63. The van der Waals surface area contributed by atoms with Crippen LogP contribution in [-0.4, -0.2) is 88.6 Å². The third kappa shape index (κ3) is 7.37. The van der Waals surface area contributed by atoms with Gasteiger partial charge < -0.3 is 36.5 Å². The lowest BCUT2D eigenvalue weighted by Crippen LogP contribution is -2.61. The molecule has 2 aromatic rings. The molecule has 0 bridgehead atoms. The van der Waals surface area contributed by atoms with Crippen LogP contribution in [0.2, 0.25) is 0 Å². The quantitative estimate of drug-likeness (QED) is 0.286. The van der Waals surface area contributed by atoms with Crippen molar-refractivity contribution in [1.29, 1.82) is 0 Å². The van der Waals surface area contributed by atoms with E-state index in [1.165, 1.54) is 11.8 Å². The zero-order valence-corrected chi connectivity index (χ0v) is 25.9. The number of H-pyrrole nitrogens is 1. The number of hydrogen-bond donors (Lipinski definition) is 6. The van der Waals surface area contributed by atoms with Crippen LogP contribution in [-0.2, 0) is 35.2 Å². The second kappa shape index (κ2) is 13.9. The molecule has 3 heterocycles. The molecule has 1 aromatic heterocycles. The van der Waals surface area contributed by atoms with E-state index < -0.39 is 72.2 Å². The van der Waals surface area contributed by atoms with Gasteiger partial charge in [-0.3, -0.25) is 28.8 Å². The third-order valence-electron chi connectivity index (χ3n) is 8.24. The molecule has 13 heteroatoms. The fourth-order valence-corrected chi connectivity index (χ4v) is 5.70. The molecule has 2 fully saturated rings. The van der Waals surface area contributed by atoms with Gasteiger partial charge in [-0.25, -0.2) is 0 Å². The normalized spacial score (nSPS) is 26.4. The van der Waals surface area contributed by atoms with Crippen molar-refractivity contribution in [3.05, 3.63) is 36.0 Å². The number of nitrogens with one attached hydrogen (secondary N) is 6. The Labute approximate surface area is 256 Å². The minimum absolute atomic E-state index is 0.114. The maximum Gasteiger partial charge on any atom is 0.246 e. The van der Waals surface area contributed by atoms with Gasteiger partial charge in [-0.05, 0) is 43.2 Å². The van der Waals surface area contributed by atoms with Crippen LogP contribution in [0.1, 0.15) is 53.0 Å². The van der Waals surface area contributed by atoms with Crippen LogP contribution < -0.4 is 26.6 Å². The molecule has 0 unspecified atom stereocenters. The molecule has 1 aromatic carbocycles. The number of rotatable bonds is 4. The first-order chi connectivity index (χ1) is 20.9. The summed E-state index contributed by atoms with van der Waals surface area (Å²) in [6.07, 6.45) is 2.87. The SMILES string of the molecule is CC(C)[C@H]1NC(=O)[C@H]2CCCN2C(=O)[C@@H](C(C)C)NC(=O)[C@@H](Cc2c[nH]c3ccccc23)NC(=O)[C@H](C)NC(=O)CNC1=O. The summed E-state index contributed by atoms with van der Waals surface area (Å²) in [6, 6.07) is 2.70. The molecule has 0 radical (unpaired) electrons. The van der Waals surface area contributed by atoms with Gasteiger partial charge in [0.2, 0.25) is 35.4 Å². The highest BCUT2D eigenvalue weighted by Gasteiger charge is 2.41. The monoisotopic (exact) mass is 609 g/mol. The summed E-state index contributed by atoms with van der Waals surface area (Å²) >= 11 is 0. The van der Waals surface area contributed by atoms with E-state index in [9.17, 15) is 28.8 Å². The second-order valence-electron chi connectivity index (χ2n) is 12.3. The molecule has 4 rings (SSSR count). The average molecular weight is 610 g/mol. The van der Waals surface area contributed by atoms with Crippen LogP contribution >= 0.6 is 0 Å². The van der Waals surface area contributed by atoms with Crippen molar-refractivity contribution in [3.63, 3.8) is 0 Å². The smallest absolute Gasteiger partial charge is 0.246 e. The third-order valence-corrected chi connectivity index (χ3v) is 8.24. The molecule has 238 valence electrons. The number of nitrogens with zero attached hydrogens (tertiary/aromatic N) is 1. The summed E-state index contributed by atoms with van der Waals surface area (Å²) in [4.78, 5) is 84.7. The van der Waals surface area contributed by atoms with E-state index in [2.05, 4.69) is 31.6 Å². The van der Waals surface area contributed by atoms with Gasteiger partial charge in [-0.15, -0.1) is 0 Å². The minimum atomic E-state index is -1.09. The number of carbonyl (C=O) groups is 6.